The Labute approximate surface area is 152 Å². The molecule has 1 aliphatic heterocycles. The van der Waals surface area contributed by atoms with Crippen molar-refractivity contribution >= 4 is 27.6 Å². The lowest BCUT2D eigenvalue weighted by atomic mass is 10.0. The summed E-state index contributed by atoms with van der Waals surface area (Å²) < 4.78 is 13.3. The predicted molar refractivity (Wildman–Crippen MR) is 101 cm³/mol. The highest BCUT2D eigenvalue weighted by Crippen LogP contribution is 2.38. The second kappa shape index (κ2) is 6.65. The molecule has 1 unspecified atom stereocenters. The van der Waals surface area contributed by atoms with Crippen molar-refractivity contribution in [1.29, 1.82) is 0 Å². The molecule has 136 valence electrons. The highest BCUT2D eigenvalue weighted by Gasteiger charge is 2.26. The van der Waals surface area contributed by atoms with E-state index in [0.717, 1.165) is 46.8 Å². The number of benzene rings is 2. The molecule has 5 nitrogen and oxygen atoms in total. The van der Waals surface area contributed by atoms with Gasteiger partial charge in [0.25, 0.3) is 0 Å². The van der Waals surface area contributed by atoms with Gasteiger partial charge in [0.05, 0.1) is 23.8 Å². The maximum Gasteiger partial charge on any atom is 0.340 e. The average Bonchev–Trinajstić information content (AvgIpc) is 3.23. The van der Waals surface area contributed by atoms with Crippen LogP contribution in [0.3, 0.4) is 0 Å². The molecule has 0 radical (unpaired) electrons. The second-order valence-electron chi connectivity index (χ2n) is 6.76. The maximum absolute atomic E-state index is 12.6. The average molecular weight is 353 g/mol. The van der Waals surface area contributed by atoms with E-state index >= 15 is 0 Å². The molecule has 0 bridgehead atoms. The monoisotopic (exact) mass is 353 g/mol. The Hall–Kier alpha value is -2.53. The molecule has 1 aromatic heterocycles. The first-order chi connectivity index (χ1) is 12.6. The Balaban J connectivity index is 2.02. The fourth-order valence-electron chi connectivity index (χ4n) is 4.00. The van der Waals surface area contributed by atoms with E-state index in [0.29, 0.717) is 18.7 Å². The van der Waals surface area contributed by atoms with Crippen molar-refractivity contribution in [2.75, 3.05) is 13.2 Å². The third-order valence-electron chi connectivity index (χ3n) is 5.19. The van der Waals surface area contributed by atoms with Crippen molar-refractivity contribution in [2.24, 2.45) is 0 Å². The van der Waals surface area contributed by atoms with Crippen molar-refractivity contribution in [3.8, 4) is 5.75 Å². The van der Waals surface area contributed by atoms with Crippen molar-refractivity contribution < 1.29 is 19.4 Å². The fourth-order valence-corrected chi connectivity index (χ4v) is 4.00. The van der Waals surface area contributed by atoms with Gasteiger partial charge >= 0.3 is 5.97 Å². The van der Waals surface area contributed by atoms with E-state index in [1.165, 1.54) is 0 Å². The van der Waals surface area contributed by atoms with E-state index in [1.54, 1.807) is 13.0 Å². The van der Waals surface area contributed by atoms with Crippen LogP contribution in [0.5, 0.6) is 5.75 Å². The molecule has 0 amide bonds. The minimum absolute atomic E-state index is 0.145. The van der Waals surface area contributed by atoms with Crippen LogP contribution in [0.25, 0.3) is 21.7 Å². The molecule has 3 aromatic rings. The summed E-state index contributed by atoms with van der Waals surface area (Å²) in [6.07, 6.45) is 2.23. The van der Waals surface area contributed by atoms with Gasteiger partial charge in [-0.25, -0.2) is 4.79 Å². The minimum atomic E-state index is -0.351. The molecule has 5 heteroatoms. The minimum Gasteiger partial charge on any atom is -0.507 e. The van der Waals surface area contributed by atoms with Gasteiger partial charge in [-0.3, -0.25) is 0 Å². The summed E-state index contributed by atoms with van der Waals surface area (Å²) >= 11 is 0. The number of carbonyl (C=O) groups is 1. The number of hydrogen-bond donors (Lipinski definition) is 1. The van der Waals surface area contributed by atoms with Crippen molar-refractivity contribution in [1.82, 2.24) is 4.57 Å². The van der Waals surface area contributed by atoms with Gasteiger partial charge in [0.2, 0.25) is 0 Å². The molecular formula is C21H23NO4. The lowest BCUT2D eigenvalue weighted by Gasteiger charge is -2.15. The van der Waals surface area contributed by atoms with Gasteiger partial charge < -0.3 is 19.1 Å². The Morgan fingerprint density at radius 3 is 2.77 bits per heavy atom. The Bertz CT molecular complexity index is 983. The summed E-state index contributed by atoms with van der Waals surface area (Å²) in [6, 6.07) is 9.41. The van der Waals surface area contributed by atoms with Gasteiger partial charge in [0, 0.05) is 35.0 Å². The number of phenolic OH excluding ortho intramolecular Hbond substituents is 1. The zero-order chi connectivity index (χ0) is 18.3. The first kappa shape index (κ1) is 16.9. The van der Waals surface area contributed by atoms with Gasteiger partial charge in [-0.2, -0.15) is 0 Å². The largest absolute Gasteiger partial charge is 0.507 e. The van der Waals surface area contributed by atoms with Crippen LogP contribution >= 0.6 is 0 Å². The van der Waals surface area contributed by atoms with Crippen LogP contribution in [-0.2, 0) is 16.0 Å². The van der Waals surface area contributed by atoms with E-state index in [9.17, 15) is 9.90 Å². The van der Waals surface area contributed by atoms with Crippen LogP contribution in [-0.4, -0.2) is 35.0 Å². The topological polar surface area (TPSA) is 60.7 Å². The van der Waals surface area contributed by atoms with Crippen molar-refractivity contribution in [2.45, 2.75) is 39.3 Å². The van der Waals surface area contributed by atoms with Gasteiger partial charge in [-0.05, 0) is 32.8 Å². The zero-order valence-electron chi connectivity index (χ0n) is 15.1. The van der Waals surface area contributed by atoms with E-state index in [2.05, 4.69) is 4.57 Å². The number of rotatable bonds is 4. The molecule has 1 atom stereocenters. The molecule has 0 aliphatic carbocycles. The molecule has 1 fully saturated rings. The quantitative estimate of drug-likeness (QED) is 0.715. The van der Waals surface area contributed by atoms with Crippen molar-refractivity contribution in [3.05, 3.63) is 41.6 Å². The summed E-state index contributed by atoms with van der Waals surface area (Å²) in [5, 5.41) is 12.9. The van der Waals surface area contributed by atoms with Crippen LogP contribution in [0.4, 0.5) is 0 Å². The first-order valence-electron chi connectivity index (χ1n) is 9.14. The molecule has 2 heterocycles. The molecule has 1 N–H and O–H groups in total. The number of phenols is 1. The number of esters is 1. The van der Waals surface area contributed by atoms with E-state index in [4.69, 9.17) is 9.47 Å². The Kier molecular flexibility index (Phi) is 4.32. The molecular weight excluding hydrogens is 330 g/mol. The predicted octanol–water partition coefficient (Wildman–Crippen LogP) is 4.16. The number of fused-ring (bicyclic) bond motifs is 3. The van der Waals surface area contributed by atoms with Crippen molar-refractivity contribution in [3.63, 3.8) is 0 Å². The summed E-state index contributed by atoms with van der Waals surface area (Å²) in [5.41, 5.74) is 2.33. The van der Waals surface area contributed by atoms with E-state index < -0.39 is 0 Å². The normalized spacial score (nSPS) is 17.2. The van der Waals surface area contributed by atoms with Gasteiger partial charge in [0.1, 0.15) is 5.75 Å². The SMILES string of the molecule is CCOC(=O)c1c(C)n(CC2CCCO2)c2c1cc(O)c1ccccc12. The lowest BCUT2D eigenvalue weighted by Crippen LogP contribution is -2.16. The summed E-state index contributed by atoms with van der Waals surface area (Å²) in [7, 11) is 0. The number of aromatic hydroxyl groups is 1. The number of hydrogen-bond acceptors (Lipinski definition) is 4. The third-order valence-corrected chi connectivity index (χ3v) is 5.19. The van der Waals surface area contributed by atoms with Crippen LogP contribution in [0.2, 0.25) is 0 Å². The number of nitrogens with zero attached hydrogens (tertiary/aromatic N) is 1. The second-order valence-corrected chi connectivity index (χ2v) is 6.76. The lowest BCUT2D eigenvalue weighted by molar-refractivity contribution is 0.0526. The zero-order valence-corrected chi connectivity index (χ0v) is 15.1. The molecule has 0 saturated carbocycles. The maximum atomic E-state index is 12.6. The van der Waals surface area contributed by atoms with Crippen LogP contribution in [0.15, 0.2) is 30.3 Å². The summed E-state index contributed by atoms with van der Waals surface area (Å²) in [4.78, 5) is 12.6. The van der Waals surface area contributed by atoms with Crippen LogP contribution in [0, 0.1) is 6.92 Å². The highest BCUT2D eigenvalue weighted by molar-refractivity contribution is 6.16. The molecule has 2 aromatic carbocycles. The van der Waals surface area contributed by atoms with E-state index in [-0.39, 0.29) is 17.8 Å². The molecule has 0 spiro atoms. The van der Waals surface area contributed by atoms with Crippen LogP contribution in [0.1, 0.15) is 35.8 Å². The third kappa shape index (κ3) is 2.63. The smallest absolute Gasteiger partial charge is 0.340 e. The molecule has 1 aliphatic rings. The standard InChI is InChI=1S/C21H23NO4/c1-3-25-21(24)19-13(2)22(12-14-7-6-10-26-14)20-16-9-5-4-8-15(16)18(23)11-17(19)20/h4-5,8-9,11,14,23H,3,6-7,10,12H2,1-2H3. The van der Waals surface area contributed by atoms with Gasteiger partial charge in [-0.1, -0.05) is 24.3 Å². The number of carbonyl (C=O) groups excluding carboxylic acids is 1. The Morgan fingerprint density at radius 2 is 2.08 bits per heavy atom. The Morgan fingerprint density at radius 1 is 1.31 bits per heavy atom. The van der Waals surface area contributed by atoms with E-state index in [1.807, 2.05) is 31.2 Å². The molecule has 1 saturated heterocycles. The molecule has 26 heavy (non-hydrogen) atoms. The number of aromatic nitrogens is 1. The first-order valence-corrected chi connectivity index (χ1v) is 9.14. The van der Waals surface area contributed by atoms with Gasteiger partial charge in [0.15, 0.2) is 0 Å². The highest BCUT2D eigenvalue weighted by atomic mass is 16.5. The van der Waals surface area contributed by atoms with Crippen LogP contribution < -0.4 is 0 Å². The molecule has 4 rings (SSSR count). The van der Waals surface area contributed by atoms with Gasteiger partial charge in [-0.15, -0.1) is 0 Å². The fraction of sp³-hybridized carbons (Fsp3) is 0.381. The summed E-state index contributed by atoms with van der Waals surface area (Å²) in [6.45, 7) is 5.53. The number of ether oxygens (including phenoxy) is 2. The summed E-state index contributed by atoms with van der Waals surface area (Å²) in [5.74, 6) is -0.177.